The number of alkyl halides is 6. The van der Waals surface area contributed by atoms with Gasteiger partial charge in [-0.3, -0.25) is 0 Å². The third kappa shape index (κ3) is 4.40. The molecule has 0 aliphatic rings. The monoisotopic (exact) mass is 333 g/mol. The molecule has 0 bridgehead atoms. The van der Waals surface area contributed by atoms with Crippen LogP contribution < -0.4 is 4.74 Å². The lowest BCUT2D eigenvalue weighted by molar-refractivity contribution is -0.143. The van der Waals surface area contributed by atoms with Crippen molar-refractivity contribution >= 4 is 0 Å². The molecule has 2 aromatic carbocycles. The van der Waals surface area contributed by atoms with Crippen molar-refractivity contribution in [3.8, 4) is 5.75 Å². The van der Waals surface area contributed by atoms with Gasteiger partial charge in [0.05, 0.1) is 11.1 Å². The van der Waals surface area contributed by atoms with Crippen molar-refractivity contribution in [2.45, 2.75) is 25.4 Å². The number of halogens is 6. The van der Waals surface area contributed by atoms with Crippen molar-refractivity contribution in [1.82, 2.24) is 0 Å². The highest BCUT2D eigenvalue weighted by atomic mass is 19.4. The highest BCUT2D eigenvalue weighted by Crippen LogP contribution is 2.38. The standard InChI is InChI=1S/C16H11F6O/c1-10(23-14-5-3-2-4-6-14)11-7-12(15(17,18)19)9-13(8-11)16(20,21)22/h2-5,7-10H,1H3/t10-/m1/s1. The summed E-state index contributed by atoms with van der Waals surface area (Å²) in [5.74, 6) is 0.228. The molecule has 7 heteroatoms. The molecule has 1 radical (unpaired) electrons. The Morgan fingerprint density at radius 3 is 1.91 bits per heavy atom. The summed E-state index contributed by atoms with van der Waals surface area (Å²) >= 11 is 0. The summed E-state index contributed by atoms with van der Waals surface area (Å²) in [6, 6.07) is 10.4. The Hall–Kier alpha value is -2.18. The minimum absolute atomic E-state index is 0.0882. The molecule has 2 rings (SSSR count). The summed E-state index contributed by atoms with van der Waals surface area (Å²) in [5.41, 5.74) is -2.95. The van der Waals surface area contributed by atoms with E-state index in [0.717, 1.165) is 0 Å². The molecule has 0 aliphatic carbocycles. The smallest absolute Gasteiger partial charge is 0.416 e. The minimum Gasteiger partial charge on any atom is -0.485 e. The van der Waals surface area contributed by atoms with Gasteiger partial charge in [-0.2, -0.15) is 26.3 Å². The van der Waals surface area contributed by atoms with Crippen LogP contribution in [0.25, 0.3) is 0 Å². The van der Waals surface area contributed by atoms with Crippen molar-refractivity contribution in [2.24, 2.45) is 0 Å². The van der Waals surface area contributed by atoms with Gasteiger partial charge in [0, 0.05) is 6.07 Å². The van der Waals surface area contributed by atoms with E-state index in [1.54, 1.807) is 12.1 Å². The number of ether oxygens (including phenoxy) is 1. The normalized spacial score (nSPS) is 13.7. The summed E-state index contributed by atoms with van der Waals surface area (Å²) in [6.45, 7) is 1.37. The van der Waals surface area contributed by atoms with E-state index >= 15 is 0 Å². The maximum absolute atomic E-state index is 12.8. The molecular formula is C16H11F6O. The zero-order valence-electron chi connectivity index (χ0n) is 11.8. The topological polar surface area (TPSA) is 9.23 Å². The number of para-hydroxylation sites is 1. The van der Waals surface area contributed by atoms with Crippen molar-refractivity contribution in [1.29, 1.82) is 0 Å². The third-order valence-corrected chi connectivity index (χ3v) is 3.06. The first-order chi connectivity index (χ1) is 10.6. The van der Waals surface area contributed by atoms with Crippen LogP contribution in [0.4, 0.5) is 26.3 Å². The van der Waals surface area contributed by atoms with Crippen molar-refractivity contribution in [3.63, 3.8) is 0 Å². The van der Waals surface area contributed by atoms with Gasteiger partial charge in [-0.05, 0) is 36.8 Å². The molecular weight excluding hydrogens is 322 g/mol. The number of hydrogen-bond acceptors (Lipinski definition) is 1. The Balaban J connectivity index is 2.40. The lowest BCUT2D eigenvalue weighted by Gasteiger charge is -2.19. The van der Waals surface area contributed by atoms with Crippen molar-refractivity contribution in [2.75, 3.05) is 0 Å². The van der Waals surface area contributed by atoms with E-state index in [1.807, 2.05) is 0 Å². The Morgan fingerprint density at radius 2 is 1.48 bits per heavy atom. The molecule has 0 aliphatic heterocycles. The molecule has 0 heterocycles. The van der Waals surface area contributed by atoms with Gasteiger partial charge in [-0.15, -0.1) is 0 Å². The molecule has 0 saturated carbocycles. The van der Waals surface area contributed by atoms with Gasteiger partial charge in [0.2, 0.25) is 0 Å². The molecule has 0 amide bonds. The van der Waals surface area contributed by atoms with Crippen molar-refractivity contribution in [3.05, 3.63) is 65.2 Å². The third-order valence-electron chi connectivity index (χ3n) is 3.06. The Morgan fingerprint density at radius 1 is 0.913 bits per heavy atom. The van der Waals surface area contributed by atoms with Crippen LogP contribution in [0, 0.1) is 6.07 Å². The predicted molar refractivity (Wildman–Crippen MR) is 70.8 cm³/mol. The van der Waals surface area contributed by atoms with Crippen LogP contribution >= 0.6 is 0 Å². The Labute approximate surface area is 128 Å². The fourth-order valence-corrected chi connectivity index (χ4v) is 1.92. The molecule has 0 saturated heterocycles. The SMILES string of the molecule is C[C@@H](Oc1[c]cccc1)c1cc(C(F)(F)F)cc(C(F)(F)F)c1. The zero-order valence-corrected chi connectivity index (χ0v) is 11.8. The molecule has 123 valence electrons. The molecule has 0 aromatic heterocycles. The second-order valence-electron chi connectivity index (χ2n) is 4.83. The maximum Gasteiger partial charge on any atom is 0.416 e. The van der Waals surface area contributed by atoms with Crippen molar-refractivity contribution < 1.29 is 31.1 Å². The first-order valence-electron chi connectivity index (χ1n) is 6.50. The maximum atomic E-state index is 12.8. The molecule has 0 unspecified atom stereocenters. The lowest BCUT2D eigenvalue weighted by atomic mass is 10.0. The average molecular weight is 333 g/mol. The Bertz CT molecular complexity index is 628. The molecule has 0 spiro atoms. The first kappa shape index (κ1) is 17.2. The van der Waals surface area contributed by atoms with Gasteiger partial charge in [0.1, 0.15) is 11.9 Å². The van der Waals surface area contributed by atoms with Gasteiger partial charge in [0.15, 0.2) is 0 Å². The van der Waals surface area contributed by atoms with Crippen LogP contribution in [-0.2, 0) is 12.4 Å². The highest BCUT2D eigenvalue weighted by Gasteiger charge is 2.37. The first-order valence-corrected chi connectivity index (χ1v) is 6.50. The Kier molecular flexibility index (Phi) is 4.58. The van der Waals surface area contributed by atoms with Crippen LogP contribution in [0.2, 0.25) is 0 Å². The number of rotatable bonds is 3. The quantitative estimate of drug-likeness (QED) is 0.658. The van der Waals surface area contributed by atoms with E-state index in [9.17, 15) is 26.3 Å². The summed E-state index contributed by atoms with van der Waals surface area (Å²) in [6.07, 6.45) is -10.8. The summed E-state index contributed by atoms with van der Waals surface area (Å²) in [4.78, 5) is 0. The van der Waals surface area contributed by atoms with E-state index in [0.29, 0.717) is 12.1 Å². The van der Waals surface area contributed by atoms with E-state index in [2.05, 4.69) is 6.07 Å². The summed E-state index contributed by atoms with van der Waals surface area (Å²) in [7, 11) is 0. The van der Waals surface area contributed by atoms with Gasteiger partial charge in [-0.1, -0.05) is 18.2 Å². The van der Waals surface area contributed by atoms with Gasteiger partial charge in [0.25, 0.3) is 0 Å². The fourth-order valence-electron chi connectivity index (χ4n) is 1.92. The summed E-state index contributed by atoms with van der Waals surface area (Å²) < 4.78 is 82.2. The van der Waals surface area contributed by atoms with Gasteiger partial charge in [-0.25, -0.2) is 0 Å². The molecule has 0 fully saturated rings. The highest BCUT2D eigenvalue weighted by molar-refractivity contribution is 5.35. The second-order valence-corrected chi connectivity index (χ2v) is 4.83. The van der Waals surface area contributed by atoms with Crippen LogP contribution in [0.3, 0.4) is 0 Å². The molecule has 23 heavy (non-hydrogen) atoms. The lowest BCUT2D eigenvalue weighted by Crippen LogP contribution is -2.14. The van der Waals surface area contributed by atoms with E-state index in [-0.39, 0.29) is 17.4 Å². The average Bonchev–Trinajstić information content (AvgIpc) is 2.46. The fraction of sp³-hybridized carbons (Fsp3) is 0.250. The molecule has 2 aromatic rings. The van der Waals surface area contributed by atoms with Crippen LogP contribution in [0.1, 0.15) is 29.7 Å². The summed E-state index contributed by atoms with van der Waals surface area (Å²) in [5, 5.41) is 0. The van der Waals surface area contributed by atoms with E-state index in [1.165, 1.54) is 19.1 Å². The number of hydrogen-bond donors (Lipinski definition) is 0. The second kappa shape index (κ2) is 6.14. The van der Waals surface area contributed by atoms with Gasteiger partial charge < -0.3 is 4.74 Å². The van der Waals surface area contributed by atoms with Crippen LogP contribution in [0.5, 0.6) is 5.75 Å². The minimum atomic E-state index is -4.88. The number of benzene rings is 2. The van der Waals surface area contributed by atoms with Crippen LogP contribution in [-0.4, -0.2) is 0 Å². The van der Waals surface area contributed by atoms with Gasteiger partial charge >= 0.3 is 12.4 Å². The largest absolute Gasteiger partial charge is 0.485 e. The molecule has 1 nitrogen and oxygen atoms in total. The zero-order chi connectivity index (χ0) is 17.3. The van der Waals surface area contributed by atoms with Crippen LogP contribution in [0.15, 0.2) is 42.5 Å². The molecule has 0 N–H and O–H groups in total. The molecule has 1 atom stereocenters. The van der Waals surface area contributed by atoms with E-state index < -0.39 is 29.6 Å². The van der Waals surface area contributed by atoms with E-state index in [4.69, 9.17) is 4.74 Å². The predicted octanol–water partition coefficient (Wildman–Crippen LogP) is 5.66.